The first-order valence-corrected chi connectivity index (χ1v) is 10.7. The van der Waals surface area contributed by atoms with Crippen molar-refractivity contribution in [3.05, 3.63) is 84.2 Å². The molecule has 3 aromatic rings. The number of rotatable bonds is 7. The van der Waals surface area contributed by atoms with Gasteiger partial charge in [-0.25, -0.2) is 12.8 Å². The lowest BCUT2D eigenvalue weighted by molar-refractivity contribution is -0.116. The van der Waals surface area contributed by atoms with Gasteiger partial charge in [-0.05, 0) is 66.2 Å². The topological polar surface area (TPSA) is 104 Å². The molecule has 0 heterocycles. The molecule has 0 saturated heterocycles. The lowest BCUT2D eigenvalue weighted by Crippen LogP contribution is -2.15. The van der Waals surface area contributed by atoms with E-state index >= 15 is 0 Å². The first-order chi connectivity index (χ1) is 14.7. The van der Waals surface area contributed by atoms with Gasteiger partial charge in [0.05, 0.1) is 11.3 Å². The molecule has 7 nitrogen and oxygen atoms in total. The molecule has 0 radical (unpaired) electrons. The van der Waals surface area contributed by atoms with Gasteiger partial charge in [0.15, 0.2) is 0 Å². The third-order valence-corrected chi connectivity index (χ3v) is 5.58. The zero-order chi connectivity index (χ0) is 22.4. The second-order valence-corrected chi connectivity index (χ2v) is 8.42. The molecule has 0 atom stereocenters. The maximum atomic E-state index is 13.0. The number of benzene rings is 3. The summed E-state index contributed by atoms with van der Waals surface area (Å²) in [6, 6.07) is 17.6. The maximum absolute atomic E-state index is 13.0. The van der Waals surface area contributed by atoms with E-state index in [1.807, 2.05) is 0 Å². The fourth-order valence-corrected chi connectivity index (χ4v) is 3.81. The summed E-state index contributed by atoms with van der Waals surface area (Å²) < 4.78 is 40.1. The molecule has 3 rings (SSSR count). The van der Waals surface area contributed by atoms with Crippen molar-refractivity contribution >= 4 is 38.9 Å². The maximum Gasteiger partial charge on any atom is 0.261 e. The van der Waals surface area contributed by atoms with Crippen LogP contribution in [0.5, 0.6) is 0 Å². The fourth-order valence-electron chi connectivity index (χ4n) is 2.75. The van der Waals surface area contributed by atoms with Crippen molar-refractivity contribution in [2.75, 3.05) is 15.4 Å². The van der Waals surface area contributed by atoms with Crippen LogP contribution in [0.25, 0.3) is 0 Å². The average Bonchev–Trinajstić information content (AvgIpc) is 2.71. The predicted octanol–water partition coefficient (Wildman–Crippen LogP) is 3.77. The minimum absolute atomic E-state index is 0.0538. The molecule has 0 aliphatic rings. The second kappa shape index (κ2) is 9.40. The predicted molar refractivity (Wildman–Crippen MR) is 117 cm³/mol. The van der Waals surface area contributed by atoms with Crippen LogP contribution in [0.2, 0.25) is 0 Å². The molecule has 160 valence electrons. The Hall–Kier alpha value is -3.72. The van der Waals surface area contributed by atoms with Crippen LogP contribution in [0.4, 0.5) is 21.5 Å². The van der Waals surface area contributed by atoms with Gasteiger partial charge in [0, 0.05) is 24.0 Å². The average molecular weight is 441 g/mol. The Kier molecular flexibility index (Phi) is 6.66. The van der Waals surface area contributed by atoms with Crippen molar-refractivity contribution in [3.63, 3.8) is 0 Å². The van der Waals surface area contributed by atoms with Crippen LogP contribution in [-0.2, 0) is 26.0 Å². The zero-order valence-corrected chi connectivity index (χ0v) is 17.4. The first kappa shape index (κ1) is 22.0. The van der Waals surface area contributed by atoms with E-state index in [4.69, 9.17) is 0 Å². The SMILES string of the molecule is CC(=O)Nc1ccc(NC(=O)Cc2ccc(NS(=O)(=O)c3ccc(F)cc3)cc2)cc1. The first-order valence-electron chi connectivity index (χ1n) is 9.26. The van der Waals surface area contributed by atoms with Gasteiger partial charge in [-0.2, -0.15) is 0 Å². The molecule has 31 heavy (non-hydrogen) atoms. The number of sulfonamides is 1. The second-order valence-electron chi connectivity index (χ2n) is 6.74. The van der Waals surface area contributed by atoms with Crippen molar-refractivity contribution in [2.24, 2.45) is 0 Å². The lowest BCUT2D eigenvalue weighted by Gasteiger charge is -2.10. The van der Waals surface area contributed by atoms with Gasteiger partial charge < -0.3 is 10.6 Å². The Morgan fingerprint density at radius 2 is 1.29 bits per heavy atom. The molecular formula is C22H20FN3O4S. The summed E-state index contributed by atoms with van der Waals surface area (Å²) in [7, 11) is -3.84. The number of carbonyl (C=O) groups is 2. The summed E-state index contributed by atoms with van der Waals surface area (Å²) in [5.74, 6) is -0.947. The molecule has 0 unspecified atom stereocenters. The van der Waals surface area contributed by atoms with Crippen LogP contribution >= 0.6 is 0 Å². The highest BCUT2D eigenvalue weighted by atomic mass is 32.2. The Labute approximate surface area is 179 Å². The molecule has 2 amide bonds. The standard InChI is InChI=1S/C22H20FN3O4S/c1-15(27)24-18-8-10-19(11-9-18)25-22(28)14-16-2-6-20(7-3-16)26-31(29,30)21-12-4-17(23)5-13-21/h2-13,26H,14H2,1H3,(H,24,27)(H,25,28). The van der Waals surface area contributed by atoms with Crippen molar-refractivity contribution in [1.29, 1.82) is 0 Å². The molecule has 0 aliphatic heterocycles. The third kappa shape index (κ3) is 6.38. The van der Waals surface area contributed by atoms with Crippen LogP contribution in [-0.4, -0.2) is 20.2 Å². The summed E-state index contributed by atoms with van der Waals surface area (Å²) in [6.07, 6.45) is 0.0957. The van der Waals surface area contributed by atoms with Gasteiger partial charge in [-0.3, -0.25) is 14.3 Å². The van der Waals surface area contributed by atoms with E-state index in [0.29, 0.717) is 22.6 Å². The summed E-state index contributed by atoms with van der Waals surface area (Å²) >= 11 is 0. The van der Waals surface area contributed by atoms with E-state index in [1.54, 1.807) is 48.5 Å². The van der Waals surface area contributed by atoms with Crippen LogP contribution in [0, 0.1) is 5.82 Å². The zero-order valence-electron chi connectivity index (χ0n) is 16.6. The Morgan fingerprint density at radius 1 is 0.774 bits per heavy atom. The molecule has 3 N–H and O–H groups in total. The van der Waals surface area contributed by atoms with Crippen molar-refractivity contribution in [3.8, 4) is 0 Å². The minimum atomic E-state index is -3.84. The van der Waals surface area contributed by atoms with E-state index in [1.165, 1.54) is 19.1 Å². The molecule has 0 fully saturated rings. The van der Waals surface area contributed by atoms with Crippen molar-refractivity contribution < 1.29 is 22.4 Å². The van der Waals surface area contributed by atoms with Gasteiger partial charge in [-0.1, -0.05) is 12.1 Å². The number of nitrogens with one attached hydrogen (secondary N) is 3. The van der Waals surface area contributed by atoms with E-state index in [-0.39, 0.29) is 23.1 Å². The highest BCUT2D eigenvalue weighted by molar-refractivity contribution is 7.92. The van der Waals surface area contributed by atoms with Gasteiger partial charge in [-0.15, -0.1) is 0 Å². The quantitative estimate of drug-likeness (QED) is 0.519. The van der Waals surface area contributed by atoms with E-state index in [2.05, 4.69) is 15.4 Å². The molecule has 0 aromatic heterocycles. The number of anilines is 3. The minimum Gasteiger partial charge on any atom is -0.326 e. The molecule has 0 bridgehead atoms. The van der Waals surface area contributed by atoms with E-state index in [0.717, 1.165) is 12.1 Å². The van der Waals surface area contributed by atoms with Crippen LogP contribution in [0.15, 0.2) is 77.7 Å². The smallest absolute Gasteiger partial charge is 0.261 e. The highest BCUT2D eigenvalue weighted by Gasteiger charge is 2.14. The Morgan fingerprint density at radius 3 is 1.84 bits per heavy atom. The van der Waals surface area contributed by atoms with Gasteiger partial charge in [0.2, 0.25) is 11.8 Å². The van der Waals surface area contributed by atoms with Gasteiger partial charge in [0.1, 0.15) is 5.82 Å². The number of amides is 2. The normalized spacial score (nSPS) is 10.9. The van der Waals surface area contributed by atoms with Crippen molar-refractivity contribution in [2.45, 2.75) is 18.2 Å². The number of hydrogen-bond acceptors (Lipinski definition) is 4. The Bertz CT molecular complexity index is 1180. The van der Waals surface area contributed by atoms with E-state index < -0.39 is 15.8 Å². The summed E-state index contributed by atoms with van der Waals surface area (Å²) in [6.45, 7) is 1.41. The number of halogens is 1. The van der Waals surface area contributed by atoms with E-state index in [9.17, 15) is 22.4 Å². The summed E-state index contributed by atoms with van der Waals surface area (Å²) in [5.41, 5.74) is 2.23. The summed E-state index contributed by atoms with van der Waals surface area (Å²) in [5, 5.41) is 5.40. The van der Waals surface area contributed by atoms with Crippen LogP contribution in [0.3, 0.4) is 0 Å². The molecule has 9 heteroatoms. The fraction of sp³-hybridized carbons (Fsp3) is 0.0909. The molecule has 0 aliphatic carbocycles. The van der Waals surface area contributed by atoms with Gasteiger partial charge >= 0.3 is 0 Å². The molecular weight excluding hydrogens is 421 g/mol. The number of carbonyl (C=O) groups excluding carboxylic acids is 2. The highest BCUT2D eigenvalue weighted by Crippen LogP contribution is 2.18. The lowest BCUT2D eigenvalue weighted by atomic mass is 10.1. The van der Waals surface area contributed by atoms with Crippen molar-refractivity contribution in [1.82, 2.24) is 0 Å². The molecule has 3 aromatic carbocycles. The van der Waals surface area contributed by atoms with Gasteiger partial charge in [0.25, 0.3) is 10.0 Å². The molecule has 0 spiro atoms. The Balaban J connectivity index is 1.58. The molecule has 0 saturated carbocycles. The monoisotopic (exact) mass is 441 g/mol. The largest absolute Gasteiger partial charge is 0.326 e. The summed E-state index contributed by atoms with van der Waals surface area (Å²) in [4.78, 5) is 23.2. The van der Waals surface area contributed by atoms with Crippen LogP contribution in [0.1, 0.15) is 12.5 Å². The van der Waals surface area contributed by atoms with Crippen LogP contribution < -0.4 is 15.4 Å². The number of hydrogen-bond donors (Lipinski definition) is 3. The third-order valence-electron chi connectivity index (χ3n) is 4.18.